The maximum atomic E-state index is 9.74. The van der Waals surface area contributed by atoms with E-state index in [-0.39, 0.29) is 0 Å². The maximum Gasteiger partial charge on any atom is 0.212 e. The lowest BCUT2D eigenvalue weighted by atomic mass is 10.4. The Morgan fingerprint density at radius 2 is 2.20 bits per heavy atom. The summed E-state index contributed by atoms with van der Waals surface area (Å²) in [7, 11) is 1.84. The van der Waals surface area contributed by atoms with Crippen molar-refractivity contribution in [2.45, 2.75) is 19.9 Å². The third-order valence-corrected chi connectivity index (χ3v) is 1.13. The van der Waals surface area contributed by atoms with Crippen LogP contribution in [0, 0.1) is 0 Å². The summed E-state index contributed by atoms with van der Waals surface area (Å²) in [6, 6.07) is 0.352. The molecule has 0 heterocycles. The van der Waals surface area contributed by atoms with Crippen molar-refractivity contribution in [1.29, 1.82) is 0 Å². The number of carbonyl (C=O) groups excluding carboxylic acids is 1. The molecule has 0 aliphatic rings. The number of hydrazone groups is 1. The molecule has 10 heavy (non-hydrogen) atoms. The normalized spacial score (nSPS) is 10.4. The van der Waals surface area contributed by atoms with Crippen molar-refractivity contribution in [2.75, 3.05) is 7.05 Å². The van der Waals surface area contributed by atoms with Crippen molar-refractivity contribution < 1.29 is 4.79 Å². The van der Waals surface area contributed by atoms with Crippen LogP contribution in [-0.4, -0.2) is 30.8 Å². The van der Waals surface area contributed by atoms with E-state index in [0.29, 0.717) is 12.5 Å². The first kappa shape index (κ1) is 8.94. The van der Waals surface area contributed by atoms with Gasteiger partial charge in [0, 0.05) is 13.1 Å². The summed E-state index contributed by atoms with van der Waals surface area (Å²) in [6.07, 6.45) is 1.94. The van der Waals surface area contributed by atoms with Gasteiger partial charge >= 0.3 is 0 Å². The molecule has 1 amide bonds. The minimum absolute atomic E-state index is 0.352. The molecule has 0 unspecified atom stereocenters. The molecule has 4 heteroatoms. The molecule has 58 valence electrons. The summed E-state index contributed by atoms with van der Waals surface area (Å²) < 4.78 is 0. The number of amides is 1. The minimum Gasteiger partial charge on any atom is -0.318 e. The molecule has 0 aromatic heterocycles. The molecular formula is C6H13N3O. The highest BCUT2D eigenvalue weighted by molar-refractivity contribution is 5.71. The van der Waals surface area contributed by atoms with Crippen LogP contribution in [0.15, 0.2) is 5.10 Å². The summed E-state index contributed by atoms with van der Waals surface area (Å²) >= 11 is 0. The molecule has 0 bridgehead atoms. The van der Waals surface area contributed by atoms with E-state index >= 15 is 0 Å². The first-order valence-electron chi connectivity index (χ1n) is 3.13. The highest BCUT2D eigenvalue weighted by Gasteiger charge is 1.94. The summed E-state index contributed by atoms with van der Waals surface area (Å²) in [5.41, 5.74) is 0. The first-order chi connectivity index (χ1) is 4.68. The molecule has 0 saturated carbocycles. The van der Waals surface area contributed by atoms with Gasteiger partial charge in [-0.3, -0.25) is 9.80 Å². The van der Waals surface area contributed by atoms with Gasteiger partial charge in [-0.1, -0.05) is 0 Å². The predicted molar refractivity (Wildman–Crippen MR) is 40.6 cm³/mol. The van der Waals surface area contributed by atoms with Crippen molar-refractivity contribution in [2.24, 2.45) is 5.10 Å². The smallest absolute Gasteiger partial charge is 0.212 e. The van der Waals surface area contributed by atoms with E-state index in [9.17, 15) is 4.79 Å². The third-order valence-electron chi connectivity index (χ3n) is 1.13. The van der Waals surface area contributed by atoms with Gasteiger partial charge in [-0.25, -0.2) is 0 Å². The molecule has 0 aromatic rings. The van der Waals surface area contributed by atoms with Crippen molar-refractivity contribution in [3.63, 3.8) is 0 Å². The van der Waals surface area contributed by atoms with E-state index in [0.717, 1.165) is 0 Å². The molecule has 0 rings (SSSR count). The molecule has 0 fully saturated rings. The van der Waals surface area contributed by atoms with E-state index in [1.807, 2.05) is 20.9 Å². The van der Waals surface area contributed by atoms with Crippen molar-refractivity contribution >= 4 is 12.7 Å². The van der Waals surface area contributed by atoms with E-state index in [2.05, 4.69) is 10.4 Å². The van der Waals surface area contributed by atoms with Crippen molar-refractivity contribution in [3.05, 3.63) is 0 Å². The highest BCUT2D eigenvalue weighted by Crippen LogP contribution is 1.90. The average Bonchev–Trinajstić information content (AvgIpc) is 1.88. The zero-order chi connectivity index (χ0) is 7.98. The van der Waals surface area contributed by atoms with Gasteiger partial charge < -0.3 is 5.32 Å². The number of hydrogen-bond donors (Lipinski definition) is 1. The Bertz CT molecular complexity index is 122. The molecule has 0 aromatic carbocycles. The molecule has 0 saturated heterocycles. The molecule has 0 aliphatic carbocycles. The van der Waals surface area contributed by atoms with Crippen LogP contribution in [0.25, 0.3) is 0 Å². The van der Waals surface area contributed by atoms with E-state index in [1.165, 1.54) is 6.34 Å². The zero-order valence-corrected chi connectivity index (χ0v) is 6.53. The topological polar surface area (TPSA) is 44.7 Å². The van der Waals surface area contributed by atoms with Crippen LogP contribution in [0.3, 0.4) is 0 Å². The number of nitrogens with one attached hydrogen (secondary N) is 1. The minimum atomic E-state index is 0.352. The summed E-state index contributed by atoms with van der Waals surface area (Å²) in [4.78, 5) is 9.74. The molecule has 4 nitrogen and oxygen atoms in total. The fraction of sp³-hybridized carbons (Fsp3) is 0.667. The van der Waals surface area contributed by atoms with Gasteiger partial charge in [0.15, 0.2) is 0 Å². The van der Waals surface area contributed by atoms with Gasteiger partial charge in [0.25, 0.3) is 0 Å². The Balaban J connectivity index is 3.54. The van der Waals surface area contributed by atoms with Gasteiger partial charge in [0.2, 0.25) is 6.41 Å². The molecule has 0 radical (unpaired) electrons. The molecule has 0 atom stereocenters. The Labute approximate surface area is 60.9 Å². The van der Waals surface area contributed by atoms with Crippen LogP contribution < -0.4 is 5.32 Å². The van der Waals surface area contributed by atoms with E-state index in [1.54, 1.807) is 5.01 Å². The van der Waals surface area contributed by atoms with E-state index < -0.39 is 0 Å². The second-order valence-corrected chi connectivity index (χ2v) is 2.20. The quantitative estimate of drug-likeness (QED) is 0.261. The van der Waals surface area contributed by atoms with Crippen LogP contribution in [0.1, 0.15) is 13.8 Å². The lowest BCUT2D eigenvalue weighted by Gasteiger charge is -2.15. The summed E-state index contributed by atoms with van der Waals surface area (Å²) in [6.45, 7) is 4.02. The van der Waals surface area contributed by atoms with Gasteiger partial charge in [0.05, 0.1) is 0 Å². The number of rotatable bonds is 4. The Morgan fingerprint density at radius 1 is 1.60 bits per heavy atom. The third kappa shape index (κ3) is 3.88. The van der Waals surface area contributed by atoms with Gasteiger partial charge in [-0.15, -0.1) is 0 Å². The van der Waals surface area contributed by atoms with Gasteiger partial charge in [-0.2, -0.15) is 5.10 Å². The maximum absolute atomic E-state index is 9.74. The van der Waals surface area contributed by atoms with Crippen molar-refractivity contribution in [3.8, 4) is 0 Å². The fourth-order valence-electron chi connectivity index (χ4n) is 0.288. The van der Waals surface area contributed by atoms with E-state index in [4.69, 9.17) is 0 Å². The predicted octanol–water partition coefficient (Wildman–Crippen LogP) is 0.0159. The van der Waals surface area contributed by atoms with Gasteiger partial charge in [-0.05, 0) is 13.8 Å². The number of carbonyl (C=O) groups is 1. The lowest BCUT2D eigenvalue weighted by molar-refractivity contribution is -0.108. The lowest BCUT2D eigenvalue weighted by Crippen LogP contribution is -2.22. The van der Waals surface area contributed by atoms with Gasteiger partial charge in [0.1, 0.15) is 6.34 Å². The number of nitrogens with zero attached hydrogens (tertiary/aromatic N) is 2. The Morgan fingerprint density at radius 3 is 2.60 bits per heavy atom. The van der Waals surface area contributed by atoms with Crippen LogP contribution in [0.2, 0.25) is 0 Å². The van der Waals surface area contributed by atoms with Crippen LogP contribution in [0.5, 0.6) is 0 Å². The molecular weight excluding hydrogens is 130 g/mol. The standard InChI is InChI=1S/C6H13N3O/c1-6(2)9(3)8-4-7-5-10/h4-6H,1-3H3,(H,7,8,10). The van der Waals surface area contributed by atoms with Crippen LogP contribution in [0.4, 0.5) is 0 Å². The van der Waals surface area contributed by atoms with Crippen LogP contribution >= 0.6 is 0 Å². The fourth-order valence-corrected chi connectivity index (χ4v) is 0.288. The monoisotopic (exact) mass is 143 g/mol. The Hall–Kier alpha value is -1.06. The zero-order valence-electron chi connectivity index (χ0n) is 6.53. The second-order valence-electron chi connectivity index (χ2n) is 2.20. The molecule has 0 spiro atoms. The highest BCUT2D eigenvalue weighted by atomic mass is 16.1. The second kappa shape index (κ2) is 4.78. The largest absolute Gasteiger partial charge is 0.318 e. The summed E-state index contributed by atoms with van der Waals surface area (Å²) in [5.74, 6) is 0. The van der Waals surface area contributed by atoms with Crippen LogP contribution in [-0.2, 0) is 4.79 Å². The average molecular weight is 143 g/mol. The summed E-state index contributed by atoms with van der Waals surface area (Å²) in [5, 5.41) is 7.95. The Kier molecular flexibility index (Phi) is 4.28. The first-order valence-corrected chi connectivity index (χ1v) is 3.13. The molecule has 1 N–H and O–H groups in total. The molecule has 0 aliphatic heterocycles. The number of hydrogen-bond acceptors (Lipinski definition) is 3. The SMILES string of the molecule is CC(C)N(C)/N=C\NC=O. The van der Waals surface area contributed by atoms with Crippen molar-refractivity contribution in [1.82, 2.24) is 10.3 Å².